The minimum Gasteiger partial charge on any atom is -0.496 e. The number of hydrogen-bond donors (Lipinski definition) is 2. The van der Waals surface area contributed by atoms with Gasteiger partial charge in [0.25, 0.3) is 0 Å². The summed E-state index contributed by atoms with van der Waals surface area (Å²) in [4.78, 5) is 8.56. The highest BCUT2D eigenvalue weighted by Gasteiger charge is 2.10. The Morgan fingerprint density at radius 1 is 1.13 bits per heavy atom. The molecule has 0 unspecified atom stereocenters. The van der Waals surface area contributed by atoms with E-state index in [4.69, 9.17) is 10.5 Å². The molecule has 0 atom stereocenters. The van der Waals surface area contributed by atoms with E-state index in [1.54, 1.807) is 13.2 Å². The van der Waals surface area contributed by atoms with E-state index in [0.29, 0.717) is 29.2 Å². The van der Waals surface area contributed by atoms with Crippen LogP contribution in [-0.4, -0.2) is 28.2 Å². The Morgan fingerprint density at radius 3 is 2.77 bits per heavy atom. The SMILES string of the molecule is COc1cccc2c1cc(C)n2CCNc1cc(-c2ccc(CN)c(F)c2)ncn1. The Bertz CT molecular complexity index is 1190. The van der Waals surface area contributed by atoms with E-state index < -0.39 is 0 Å². The lowest BCUT2D eigenvalue weighted by Gasteiger charge is -2.11. The molecule has 2 heterocycles. The van der Waals surface area contributed by atoms with Crippen LogP contribution in [-0.2, 0) is 13.1 Å². The molecule has 2 aromatic heterocycles. The van der Waals surface area contributed by atoms with Gasteiger partial charge in [0, 0.05) is 47.9 Å². The zero-order chi connectivity index (χ0) is 21.1. The number of rotatable bonds is 7. The van der Waals surface area contributed by atoms with Gasteiger partial charge in [-0.15, -0.1) is 0 Å². The molecule has 0 aliphatic heterocycles. The fourth-order valence-electron chi connectivity index (χ4n) is 3.64. The highest BCUT2D eigenvalue weighted by atomic mass is 19.1. The summed E-state index contributed by atoms with van der Waals surface area (Å²) in [5, 5.41) is 4.44. The Labute approximate surface area is 174 Å². The maximum Gasteiger partial charge on any atom is 0.130 e. The molecule has 2 aromatic carbocycles. The third-order valence-corrected chi connectivity index (χ3v) is 5.21. The van der Waals surface area contributed by atoms with Gasteiger partial charge in [0.15, 0.2) is 0 Å². The maximum absolute atomic E-state index is 14.1. The van der Waals surface area contributed by atoms with Crippen molar-refractivity contribution < 1.29 is 9.13 Å². The Hall–Kier alpha value is -3.45. The molecule has 4 rings (SSSR count). The average molecular weight is 405 g/mol. The van der Waals surface area contributed by atoms with Gasteiger partial charge in [0.05, 0.1) is 18.3 Å². The summed E-state index contributed by atoms with van der Waals surface area (Å²) in [5.74, 6) is 1.24. The second-order valence-electron chi connectivity index (χ2n) is 7.06. The molecular weight excluding hydrogens is 381 g/mol. The van der Waals surface area contributed by atoms with Gasteiger partial charge in [-0.25, -0.2) is 14.4 Å². The summed E-state index contributed by atoms with van der Waals surface area (Å²) >= 11 is 0. The molecule has 0 fully saturated rings. The summed E-state index contributed by atoms with van der Waals surface area (Å²) in [6, 6.07) is 15.0. The lowest BCUT2D eigenvalue weighted by atomic mass is 10.1. The van der Waals surface area contributed by atoms with Crippen LogP contribution in [0.3, 0.4) is 0 Å². The molecule has 0 amide bonds. The smallest absolute Gasteiger partial charge is 0.130 e. The number of nitrogens with one attached hydrogen (secondary N) is 1. The molecule has 154 valence electrons. The van der Waals surface area contributed by atoms with Gasteiger partial charge in [-0.1, -0.05) is 18.2 Å². The molecule has 0 aliphatic rings. The zero-order valence-electron chi connectivity index (χ0n) is 17.0. The molecule has 7 heteroatoms. The monoisotopic (exact) mass is 405 g/mol. The van der Waals surface area contributed by atoms with Crippen LogP contribution >= 0.6 is 0 Å². The van der Waals surface area contributed by atoms with Crippen molar-refractivity contribution in [1.29, 1.82) is 0 Å². The van der Waals surface area contributed by atoms with Crippen LogP contribution in [0, 0.1) is 12.7 Å². The second-order valence-corrected chi connectivity index (χ2v) is 7.06. The molecular formula is C23H24FN5O. The highest BCUT2D eigenvalue weighted by Crippen LogP contribution is 2.28. The molecule has 0 saturated heterocycles. The third-order valence-electron chi connectivity index (χ3n) is 5.21. The minimum atomic E-state index is -0.325. The minimum absolute atomic E-state index is 0.169. The van der Waals surface area contributed by atoms with E-state index in [9.17, 15) is 4.39 Å². The van der Waals surface area contributed by atoms with Gasteiger partial charge in [-0.2, -0.15) is 0 Å². The van der Waals surface area contributed by atoms with Gasteiger partial charge >= 0.3 is 0 Å². The van der Waals surface area contributed by atoms with E-state index in [-0.39, 0.29) is 12.4 Å². The molecule has 0 bridgehead atoms. The fraction of sp³-hybridized carbons (Fsp3) is 0.217. The van der Waals surface area contributed by atoms with Crippen molar-refractivity contribution in [2.24, 2.45) is 5.73 Å². The normalized spacial score (nSPS) is 11.1. The summed E-state index contributed by atoms with van der Waals surface area (Å²) in [6.07, 6.45) is 1.48. The Kier molecular flexibility index (Phi) is 5.63. The van der Waals surface area contributed by atoms with Gasteiger partial charge in [0.1, 0.15) is 23.7 Å². The number of benzene rings is 2. The third kappa shape index (κ3) is 3.84. The van der Waals surface area contributed by atoms with Gasteiger partial charge in [-0.3, -0.25) is 0 Å². The first-order chi connectivity index (χ1) is 14.6. The summed E-state index contributed by atoms with van der Waals surface area (Å²) in [5.41, 5.74) is 9.66. The number of nitrogens with two attached hydrogens (primary N) is 1. The molecule has 0 saturated carbocycles. The number of hydrogen-bond acceptors (Lipinski definition) is 5. The number of aromatic nitrogens is 3. The van der Waals surface area contributed by atoms with Crippen LogP contribution < -0.4 is 15.8 Å². The largest absolute Gasteiger partial charge is 0.496 e. The van der Waals surface area contributed by atoms with E-state index >= 15 is 0 Å². The van der Waals surface area contributed by atoms with E-state index in [1.807, 2.05) is 24.3 Å². The standard InChI is InChI=1S/C23H24FN5O/c1-15-10-18-21(4-3-5-22(18)30-2)29(15)9-8-26-23-12-20(27-14-28-23)16-6-7-17(13-25)19(24)11-16/h3-7,10-12,14H,8-9,13,25H2,1-2H3,(H,26,27,28). The first-order valence-electron chi connectivity index (χ1n) is 9.78. The summed E-state index contributed by atoms with van der Waals surface area (Å²) in [7, 11) is 1.69. The van der Waals surface area contributed by atoms with Crippen LogP contribution in [0.4, 0.5) is 10.2 Å². The number of aryl methyl sites for hydroxylation is 1. The number of ether oxygens (including phenoxy) is 1. The summed E-state index contributed by atoms with van der Waals surface area (Å²) < 4.78 is 21.8. The van der Waals surface area contributed by atoms with Crippen molar-refractivity contribution in [2.75, 3.05) is 19.0 Å². The van der Waals surface area contributed by atoms with Crippen molar-refractivity contribution in [1.82, 2.24) is 14.5 Å². The van der Waals surface area contributed by atoms with Crippen molar-refractivity contribution in [3.63, 3.8) is 0 Å². The first-order valence-corrected chi connectivity index (χ1v) is 9.78. The molecule has 3 N–H and O–H groups in total. The predicted molar refractivity (Wildman–Crippen MR) is 117 cm³/mol. The number of halogens is 1. The molecule has 0 aliphatic carbocycles. The lowest BCUT2D eigenvalue weighted by Crippen LogP contribution is -2.12. The lowest BCUT2D eigenvalue weighted by molar-refractivity contribution is 0.420. The first kappa shape index (κ1) is 19.8. The van der Waals surface area contributed by atoms with Crippen LogP contribution in [0.2, 0.25) is 0 Å². The number of methoxy groups -OCH3 is 1. The number of nitrogens with zero attached hydrogens (tertiary/aromatic N) is 3. The Balaban J connectivity index is 1.49. The second kappa shape index (κ2) is 8.51. The number of fused-ring (bicyclic) bond motifs is 1. The number of anilines is 1. The van der Waals surface area contributed by atoms with E-state index in [0.717, 1.165) is 28.9 Å². The maximum atomic E-state index is 14.1. The molecule has 0 spiro atoms. The van der Waals surface area contributed by atoms with Gasteiger partial charge in [-0.05, 0) is 31.2 Å². The molecule has 30 heavy (non-hydrogen) atoms. The fourth-order valence-corrected chi connectivity index (χ4v) is 3.64. The zero-order valence-corrected chi connectivity index (χ0v) is 17.0. The highest BCUT2D eigenvalue weighted by molar-refractivity contribution is 5.87. The van der Waals surface area contributed by atoms with Gasteiger partial charge in [0.2, 0.25) is 0 Å². The van der Waals surface area contributed by atoms with Crippen molar-refractivity contribution in [2.45, 2.75) is 20.0 Å². The van der Waals surface area contributed by atoms with Crippen LogP contribution in [0.5, 0.6) is 5.75 Å². The van der Waals surface area contributed by atoms with Crippen molar-refractivity contribution in [3.05, 3.63) is 71.9 Å². The molecule has 0 radical (unpaired) electrons. The van der Waals surface area contributed by atoms with E-state index in [2.05, 4.69) is 38.9 Å². The van der Waals surface area contributed by atoms with E-state index in [1.165, 1.54) is 12.4 Å². The topological polar surface area (TPSA) is 78.0 Å². The average Bonchev–Trinajstić information content (AvgIpc) is 3.09. The quantitative estimate of drug-likeness (QED) is 0.483. The molecule has 4 aromatic rings. The van der Waals surface area contributed by atoms with Crippen molar-refractivity contribution in [3.8, 4) is 17.0 Å². The Morgan fingerprint density at radius 2 is 2.00 bits per heavy atom. The predicted octanol–water partition coefficient (Wildman–Crippen LogP) is 4.13. The van der Waals surface area contributed by atoms with Crippen LogP contribution in [0.1, 0.15) is 11.3 Å². The van der Waals surface area contributed by atoms with Crippen LogP contribution in [0.15, 0.2) is 54.9 Å². The molecule has 6 nitrogen and oxygen atoms in total. The van der Waals surface area contributed by atoms with Crippen LogP contribution in [0.25, 0.3) is 22.2 Å². The van der Waals surface area contributed by atoms with Crippen molar-refractivity contribution >= 4 is 16.7 Å². The summed E-state index contributed by atoms with van der Waals surface area (Å²) in [6.45, 7) is 3.70. The van der Waals surface area contributed by atoms with Gasteiger partial charge < -0.3 is 20.4 Å².